The zero-order valence-corrected chi connectivity index (χ0v) is 15.3. The Morgan fingerprint density at radius 1 is 1.26 bits per heavy atom. The van der Waals surface area contributed by atoms with Gasteiger partial charge >= 0.3 is 0 Å². The lowest BCUT2D eigenvalue weighted by molar-refractivity contribution is -0.126. The van der Waals surface area contributed by atoms with E-state index in [0.717, 1.165) is 49.4 Å². The van der Waals surface area contributed by atoms with Gasteiger partial charge in [-0.25, -0.2) is 0 Å². The van der Waals surface area contributed by atoms with Crippen LogP contribution in [0, 0.1) is 23.7 Å². The molecule has 1 heterocycles. The second-order valence-electron chi connectivity index (χ2n) is 8.16. The molecule has 1 saturated heterocycles. The van der Waals surface area contributed by atoms with Gasteiger partial charge in [-0.3, -0.25) is 4.79 Å². The molecule has 4 nitrogen and oxygen atoms in total. The highest BCUT2D eigenvalue weighted by molar-refractivity contribution is 7.80. The molecule has 5 heteroatoms. The van der Waals surface area contributed by atoms with Crippen LogP contribution in [0.15, 0.2) is 0 Å². The molecule has 2 saturated carbocycles. The van der Waals surface area contributed by atoms with Gasteiger partial charge in [0.15, 0.2) is 5.11 Å². The van der Waals surface area contributed by atoms with Crippen LogP contribution in [-0.4, -0.2) is 41.6 Å². The summed E-state index contributed by atoms with van der Waals surface area (Å²) in [6.07, 6.45) is 7.50. The van der Waals surface area contributed by atoms with Gasteiger partial charge in [0.25, 0.3) is 0 Å². The fraction of sp³-hybridized carbons (Fsp3) is 0.889. The normalized spacial score (nSPS) is 33.1. The molecular weight excluding hydrogens is 306 g/mol. The van der Waals surface area contributed by atoms with E-state index in [-0.39, 0.29) is 11.8 Å². The lowest BCUT2D eigenvalue weighted by Crippen LogP contribution is -2.51. The topological polar surface area (TPSA) is 44.4 Å². The highest BCUT2D eigenvalue weighted by Gasteiger charge is 2.40. The van der Waals surface area contributed by atoms with Crippen LogP contribution in [0.1, 0.15) is 52.4 Å². The van der Waals surface area contributed by atoms with E-state index >= 15 is 0 Å². The number of hydrogen-bond donors (Lipinski definition) is 2. The van der Waals surface area contributed by atoms with Crippen LogP contribution in [0.5, 0.6) is 0 Å². The van der Waals surface area contributed by atoms with Gasteiger partial charge in [0.1, 0.15) is 0 Å². The molecule has 4 atom stereocenters. The van der Waals surface area contributed by atoms with E-state index in [1.165, 1.54) is 25.7 Å². The number of hydrogen-bond acceptors (Lipinski definition) is 2. The van der Waals surface area contributed by atoms with Crippen LogP contribution in [0.4, 0.5) is 0 Å². The zero-order chi connectivity index (χ0) is 16.4. The maximum absolute atomic E-state index is 12.3. The van der Waals surface area contributed by atoms with Crippen molar-refractivity contribution in [1.82, 2.24) is 15.5 Å². The standard InChI is InChI=1S/C18H31N3OS/c1-12(2)10-19-17(22)15-4-3-7-21(11-15)18(23)20-16-9-13-5-6-14(16)8-13/h12-16H,3-11H2,1-2H3,(H,19,22)(H,20,23). The molecule has 0 aromatic rings. The number of carbonyl (C=O) groups excluding carboxylic acids is 1. The number of piperidine rings is 1. The first-order valence-electron chi connectivity index (χ1n) is 9.36. The largest absolute Gasteiger partial charge is 0.360 e. The number of fused-ring (bicyclic) bond motifs is 2. The number of carbonyl (C=O) groups is 1. The highest BCUT2D eigenvalue weighted by Crippen LogP contribution is 2.44. The fourth-order valence-corrected chi connectivity index (χ4v) is 4.81. The summed E-state index contributed by atoms with van der Waals surface area (Å²) < 4.78 is 0. The Kier molecular flexibility index (Phi) is 5.45. The van der Waals surface area contributed by atoms with Gasteiger partial charge in [-0.05, 0) is 62.1 Å². The summed E-state index contributed by atoms with van der Waals surface area (Å²) in [5.41, 5.74) is 0. The average Bonchev–Trinajstić information content (AvgIpc) is 3.15. The summed E-state index contributed by atoms with van der Waals surface area (Å²) in [6, 6.07) is 0.580. The molecule has 1 aliphatic heterocycles. The van der Waals surface area contributed by atoms with Crippen molar-refractivity contribution in [3.8, 4) is 0 Å². The first kappa shape index (κ1) is 17.0. The van der Waals surface area contributed by atoms with Gasteiger partial charge in [-0.1, -0.05) is 20.3 Å². The molecule has 2 N–H and O–H groups in total. The number of likely N-dealkylation sites (tertiary alicyclic amines) is 1. The summed E-state index contributed by atoms with van der Waals surface area (Å²) in [6.45, 7) is 6.78. The molecule has 3 rings (SSSR count). The summed E-state index contributed by atoms with van der Waals surface area (Å²) >= 11 is 5.66. The minimum absolute atomic E-state index is 0.0854. The van der Waals surface area contributed by atoms with Crippen LogP contribution in [0.3, 0.4) is 0 Å². The van der Waals surface area contributed by atoms with Crippen molar-refractivity contribution in [2.24, 2.45) is 23.7 Å². The smallest absolute Gasteiger partial charge is 0.224 e. The third kappa shape index (κ3) is 4.17. The molecule has 23 heavy (non-hydrogen) atoms. The van der Waals surface area contributed by atoms with Crippen molar-refractivity contribution >= 4 is 23.2 Å². The molecule has 0 radical (unpaired) electrons. The Bertz CT molecular complexity index is 454. The van der Waals surface area contributed by atoms with E-state index in [1.807, 2.05) is 0 Å². The van der Waals surface area contributed by atoms with Gasteiger partial charge in [-0.2, -0.15) is 0 Å². The van der Waals surface area contributed by atoms with Crippen molar-refractivity contribution < 1.29 is 4.79 Å². The maximum atomic E-state index is 12.3. The predicted molar refractivity (Wildman–Crippen MR) is 97.1 cm³/mol. The van der Waals surface area contributed by atoms with Gasteiger partial charge < -0.3 is 15.5 Å². The van der Waals surface area contributed by atoms with E-state index in [1.54, 1.807) is 0 Å². The van der Waals surface area contributed by atoms with E-state index in [2.05, 4.69) is 29.4 Å². The number of nitrogens with zero attached hydrogens (tertiary/aromatic N) is 1. The monoisotopic (exact) mass is 337 g/mol. The second-order valence-corrected chi connectivity index (χ2v) is 8.54. The SMILES string of the molecule is CC(C)CNC(=O)C1CCCN(C(=S)NC2CC3CCC2C3)C1. The van der Waals surface area contributed by atoms with E-state index in [0.29, 0.717) is 12.0 Å². The van der Waals surface area contributed by atoms with E-state index in [9.17, 15) is 4.79 Å². The molecule has 0 aromatic carbocycles. The Morgan fingerprint density at radius 3 is 2.74 bits per heavy atom. The van der Waals surface area contributed by atoms with Crippen molar-refractivity contribution in [2.45, 2.75) is 58.4 Å². The molecule has 0 aromatic heterocycles. The molecule has 2 bridgehead atoms. The Hall–Kier alpha value is -0.840. The van der Waals surface area contributed by atoms with Crippen LogP contribution in [0.25, 0.3) is 0 Å². The number of thiocarbonyl (C=S) groups is 1. The fourth-order valence-electron chi connectivity index (χ4n) is 4.50. The Labute approximate surface area is 145 Å². The molecule has 1 amide bonds. The van der Waals surface area contributed by atoms with E-state index in [4.69, 9.17) is 12.2 Å². The lowest BCUT2D eigenvalue weighted by atomic mass is 9.95. The van der Waals surface area contributed by atoms with Crippen LogP contribution < -0.4 is 10.6 Å². The first-order chi connectivity index (χ1) is 11.0. The van der Waals surface area contributed by atoms with Crippen LogP contribution in [-0.2, 0) is 4.79 Å². The Balaban J connectivity index is 1.47. The average molecular weight is 338 g/mol. The van der Waals surface area contributed by atoms with Crippen molar-refractivity contribution in [3.05, 3.63) is 0 Å². The molecular formula is C18H31N3OS. The minimum atomic E-state index is 0.0854. The number of rotatable bonds is 4. The second kappa shape index (κ2) is 7.37. The van der Waals surface area contributed by atoms with Gasteiger partial charge in [0.2, 0.25) is 5.91 Å². The van der Waals surface area contributed by atoms with E-state index < -0.39 is 0 Å². The number of amides is 1. The lowest BCUT2D eigenvalue weighted by Gasteiger charge is -2.36. The zero-order valence-electron chi connectivity index (χ0n) is 14.5. The first-order valence-corrected chi connectivity index (χ1v) is 9.77. The molecule has 2 aliphatic carbocycles. The molecule has 0 spiro atoms. The van der Waals surface area contributed by atoms with Crippen molar-refractivity contribution in [3.63, 3.8) is 0 Å². The minimum Gasteiger partial charge on any atom is -0.360 e. The van der Waals surface area contributed by atoms with Gasteiger partial charge in [0.05, 0.1) is 5.92 Å². The quantitative estimate of drug-likeness (QED) is 0.774. The van der Waals surface area contributed by atoms with Crippen molar-refractivity contribution in [2.75, 3.05) is 19.6 Å². The van der Waals surface area contributed by atoms with Crippen LogP contribution in [0.2, 0.25) is 0 Å². The highest BCUT2D eigenvalue weighted by atomic mass is 32.1. The third-order valence-electron chi connectivity index (χ3n) is 5.81. The van der Waals surface area contributed by atoms with Crippen molar-refractivity contribution in [1.29, 1.82) is 0 Å². The molecule has 3 fully saturated rings. The predicted octanol–water partition coefficient (Wildman–Crippen LogP) is 2.53. The molecule has 4 unspecified atom stereocenters. The molecule has 3 aliphatic rings. The van der Waals surface area contributed by atoms with Crippen LogP contribution >= 0.6 is 12.2 Å². The number of nitrogens with one attached hydrogen (secondary N) is 2. The van der Waals surface area contributed by atoms with Gasteiger partial charge in [0, 0.05) is 25.7 Å². The third-order valence-corrected chi connectivity index (χ3v) is 6.19. The van der Waals surface area contributed by atoms with Gasteiger partial charge in [-0.15, -0.1) is 0 Å². The molecule has 130 valence electrons. The summed E-state index contributed by atoms with van der Waals surface area (Å²) in [7, 11) is 0. The summed E-state index contributed by atoms with van der Waals surface area (Å²) in [4.78, 5) is 14.5. The maximum Gasteiger partial charge on any atom is 0.224 e. The summed E-state index contributed by atoms with van der Waals surface area (Å²) in [5, 5.41) is 7.57. The Morgan fingerprint density at radius 2 is 2.09 bits per heavy atom. The summed E-state index contributed by atoms with van der Waals surface area (Å²) in [5.74, 6) is 2.54.